The third-order valence-corrected chi connectivity index (χ3v) is 7.93. The lowest BCUT2D eigenvalue weighted by molar-refractivity contribution is -0.140. The molecular weight excluding hydrogens is 516 g/mol. The summed E-state index contributed by atoms with van der Waals surface area (Å²) in [5, 5.41) is 11.1. The molecule has 0 unspecified atom stereocenters. The molecule has 206 valence electrons. The Morgan fingerprint density at radius 3 is 2.75 bits per heavy atom. The van der Waals surface area contributed by atoms with Crippen LogP contribution in [0.3, 0.4) is 0 Å². The number of hydrogen-bond donors (Lipinski definition) is 1. The van der Waals surface area contributed by atoms with Crippen molar-refractivity contribution < 1.29 is 23.5 Å². The lowest BCUT2D eigenvalue weighted by Crippen LogP contribution is -2.46. The van der Waals surface area contributed by atoms with Crippen LogP contribution >= 0.6 is 0 Å². The highest BCUT2D eigenvalue weighted by Crippen LogP contribution is 2.37. The quantitative estimate of drug-likeness (QED) is 0.364. The van der Waals surface area contributed by atoms with E-state index < -0.39 is 28.5 Å². The summed E-state index contributed by atoms with van der Waals surface area (Å²) in [6, 6.07) is 13.3. The van der Waals surface area contributed by atoms with Crippen LogP contribution in [0, 0.1) is 5.92 Å². The maximum absolute atomic E-state index is 13.4. The number of likely N-dealkylation sites (tertiary alicyclic amines) is 1. The minimum Gasteiger partial charge on any atom is -0.502 e. The van der Waals surface area contributed by atoms with Gasteiger partial charge in [0.05, 0.1) is 37.6 Å². The second-order valence-electron chi connectivity index (χ2n) is 10.5. The SMILES string of the molecule is COC(=O)C[C@H](c1oc(CN2C[C@H]3C[C@@H](C2)c2cccc(=O)n2C3)cc(=O)c1O)c1coc2ccccc2c1=O. The molecular formula is C30H28N2O8. The Bertz CT molecular complexity index is 1790. The number of fused-ring (bicyclic) bond motifs is 5. The third kappa shape index (κ3) is 4.64. The van der Waals surface area contributed by atoms with Gasteiger partial charge < -0.3 is 23.2 Å². The molecule has 40 heavy (non-hydrogen) atoms. The lowest BCUT2D eigenvalue weighted by atomic mass is 9.83. The molecule has 10 nitrogen and oxygen atoms in total. The predicted octanol–water partition coefficient (Wildman–Crippen LogP) is 2.93. The van der Waals surface area contributed by atoms with Gasteiger partial charge in [0.2, 0.25) is 11.2 Å². The average Bonchev–Trinajstić information content (AvgIpc) is 2.95. The van der Waals surface area contributed by atoms with Gasteiger partial charge in [-0.25, -0.2) is 0 Å². The van der Waals surface area contributed by atoms with Crippen molar-refractivity contribution in [3.05, 3.63) is 108 Å². The molecule has 10 heteroatoms. The van der Waals surface area contributed by atoms with Crippen molar-refractivity contribution in [2.24, 2.45) is 5.92 Å². The Labute approximate surface area is 228 Å². The fraction of sp³-hybridized carbons (Fsp3) is 0.333. The number of piperidine rings is 1. The van der Waals surface area contributed by atoms with Gasteiger partial charge in [-0.05, 0) is 30.5 Å². The molecule has 5 heterocycles. The van der Waals surface area contributed by atoms with E-state index >= 15 is 0 Å². The van der Waals surface area contributed by atoms with Crippen LogP contribution < -0.4 is 16.4 Å². The van der Waals surface area contributed by atoms with Gasteiger partial charge in [-0.2, -0.15) is 0 Å². The van der Waals surface area contributed by atoms with E-state index in [-0.39, 0.29) is 41.7 Å². The highest BCUT2D eigenvalue weighted by atomic mass is 16.5. The molecule has 0 aliphatic carbocycles. The molecule has 0 spiro atoms. The van der Waals surface area contributed by atoms with Crippen LogP contribution in [-0.2, 0) is 22.6 Å². The molecule has 3 atom stereocenters. The Morgan fingerprint density at radius 1 is 1.10 bits per heavy atom. The van der Waals surface area contributed by atoms with E-state index in [9.17, 15) is 24.3 Å². The zero-order valence-electron chi connectivity index (χ0n) is 21.9. The van der Waals surface area contributed by atoms with E-state index in [4.69, 9.17) is 13.6 Å². The summed E-state index contributed by atoms with van der Waals surface area (Å²) in [6.07, 6.45) is 1.86. The van der Waals surface area contributed by atoms with Crippen molar-refractivity contribution in [2.75, 3.05) is 20.2 Å². The molecule has 2 aliphatic rings. The summed E-state index contributed by atoms with van der Waals surface area (Å²) < 4.78 is 18.4. The molecule has 2 bridgehead atoms. The summed E-state index contributed by atoms with van der Waals surface area (Å²) in [4.78, 5) is 53.2. The van der Waals surface area contributed by atoms with E-state index in [1.165, 1.54) is 19.4 Å². The summed E-state index contributed by atoms with van der Waals surface area (Å²) in [5.41, 5.74) is 0.361. The van der Waals surface area contributed by atoms with Gasteiger partial charge in [0, 0.05) is 48.9 Å². The smallest absolute Gasteiger partial charge is 0.306 e. The number of methoxy groups -OCH3 is 1. The van der Waals surface area contributed by atoms with E-state index in [1.54, 1.807) is 36.4 Å². The molecule has 1 fully saturated rings. The average molecular weight is 545 g/mol. The maximum atomic E-state index is 13.4. The van der Waals surface area contributed by atoms with Crippen LogP contribution in [0.1, 0.15) is 47.5 Å². The monoisotopic (exact) mass is 544 g/mol. The van der Waals surface area contributed by atoms with E-state index in [0.717, 1.165) is 12.1 Å². The number of para-hydroxylation sites is 1. The number of nitrogens with zero attached hydrogens (tertiary/aromatic N) is 2. The number of benzene rings is 1. The summed E-state index contributed by atoms with van der Waals surface area (Å²) >= 11 is 0. The third-order valence-electron chi connectivity index (χ3n) is 7.93. The van der Waals surface area contributed by atoms with E-state index in [1.807, 2.05) is 10.6 Å². The summed E-state index contributed by atoms with van der Waals surface area (Å²) in [7, 11) is 1.22. The summed E-state index contributed by atoms with van der Waals surface area (Å²) in [6.45, 7) is 2.28. The number of aromatic nitrogens is 1. The number of rotatable bonds is 6. The van der Waals surface area contributed by atoms with Gasteiger partial charge in [-0.15, -0.1) is 0 Å². The first kappa shape index (κ1) is 25.8. The highest BCUT2D eigenvalue weighted by molar-refractivity contribution is 5.77. The maximum Gasteiger partial charge on any atom is 0.306 e. The van der Waals surface area contributed by atoms with Gasteiger partial charge in [-0.1, -0.05) is 18.2 Å². The molecule has 6 rings (SSSR count). The largest absolute Gasteiger partial charge is 0.502 e. The number of esters is 1. The number of carbonyl (C=O) groups excluding carboxylic acids is 1. The normalized spacial score (nSPS) is 19.2. The first-order valence-corrected chi connectivity index (χ1v) is 13.2. The van der Waals surface area contributed by atoms with Gasteiger partial charge in [0.25, 0.3) is 5.56 Å². The molecule has 0 saturated carbocycles. The lowest BCUT2D eigenvalue weighted by Gasteiger charge is -2.42. The van der Waals surface area contributed by atoms with E-state index in [2.05, 4.69) is 4.90 Å². The molecule has 1 saturated heterocycles. The Morgan fingerprint density at radius 2 is 1.93 bits per heavy atom. The molecule has 3 aromatic heterocycles. The standard InChI is InChI=1S/C30H28N2O8/c1-38-27(35)11-21(22-16-39-25-7-3-2-5-20(25)28(22)36)30-29(37)24(33)10-19(40-30)15-31-12-17-9-18(14-31)23-6-4-8-26(34)32(23)13-17/h2-8,10,16-18,21,37H,9,11-15H2,1H3/t17-,18+,21+/m1/s1. The topological polar surface area (TPSA) is 132 Å². The first-order valence-electron chi connectivity index (χ1n) is 13.2. The van der Waals surface area contributed by atoms with Crippen molar-refractivity contribution in [3.63, 3.8) is 0 Å². The van der Waals surface area contributed by atoms with Crippen LogP contribution in [0.4, 0.5) is 0 Å². The Hall–Kier alpha value is -4.44. The van der Waals surface area contributed by atoms with Crippen LogP contribution in [0.15, 0.2) is 78.0 Å². The van der Waals surface area contributed by atoms with Crippen molar-refractivity contribution in [2.45, 2.75) is 37.8 Å². The van der Waals surface area contributed by atoms with Crippen molar-refractivity contribution in [3.8, 4) is 5.75 Å². The Kier molecular flexibility index (Phi) is 6.63. The van der Waals surface area contributed by atoms with Crippen LogP contribution in [0.5, 0.6) is 5.75 Å². The van der Waals surface area contributed by atoms with Gasteiger partial charge >= 0.3 is 5.97 Å². The fourth-order valence-corrected chi connectivity index (χ4v) is 6.14. The van der Waals surface area contributed by atoms with Gasteiger partial charge in [0.1, 0.15) is 11.3 Å². The second-order valence-corrected chi connectivity index (χ2v) is 10.5. The minimum absolute atomic E-state index is 0.00429. The number of hydrogen-bond acceptors (Lipinski definition) is 9. The highest BCUT2D eigenvalue weighted by Gasteiger charge is 2.35. The zero-order chi connectivity index (χ0) is 28.0. The second kappa shape index (κ2) is 10.3. The van der Waals surface area contributed by atoms with Gasteiger partial charge in [-0.3, -0.25) is 24.1 Å². The minimum atomic E-state index is -1.11. The Balaban J connectivity index is 1.36. The van der Waals surface area contributed by atoms with Crippen LogP contribution in [-0.4, -0.2) is 40.7 Å². The number of ether oxygens (including phenoxy) is 1. The number of carbonyl (C=O) groups is 1. The first-order chi connectivity index (χ1) is 19.3. The fourth-order valence-electron chi connectivity index (χ4n) is 6.14. The van der Waals surface area contributed by atoms with Crippen molar-refractivity contribution >= 4 is 16.9 Å². The summed E-state index contributed by atoms with van der Waals surface area (Å²) in [5.74, 6) is -1.90. The molecule has 1 aromatic carbocycles. The molecule has 2 aliphatic heterocycles. The van der Waals surface area contributed by atoms with Crippen molar-refractivity contribution in [1.82, 2.24) is 9.47 Å². The predicted molar refractivity (Wildman–Crippen MR) is 144 cm³/mol. The molecule has 1 N–H and O–H groups in total. The van der Waals surface area contributed by atoms with Crippen LogP contribution in [0.25, 0.3) is 11.0 Å². The van der Waals surface area contributed by atoms with Crippen LogP contribution in [0.2, 0.25) is 0 Å². The van der Waals surface area contributed by atoms with Crippen molar-refractivity contribution in [1.29, 1.82) is 0 Å². The molecule has 0 amide bonds. The number of aromatic hydroxyl groups is 1. The molecule has 0 radical (unpaired) electrons. The van der Waals surface area contributed by atoms with Gasteiger partial charge in [0.15, 0.2) is 11.2 Å². The molecule has 4 aromatic rings. The zero-order valence-corrected chi connectivity index (χ0v) is 21.9. The number of pyridine rings is 1. The van der Waals surface area contributed by atoms with E-state index in [0.29, 0.717) is 36.4 Å².